The van der Waals surface area contributed by atoms with Crippen molar-refractivity contribution in [2.45, 2.75) is 32.0 Å². The Morgan fingerprint density at radius 1 is 1.06 bits per heavy atom. The highest BCUT2D eigenvalue weighted by atomic mass is 35.5. The number of allylic oxidation sites excluding steroid dienone is 1. The lowest BCUT2D eigenvalue weighted by atomic mass is 10.2. The minimum Gasteiger partial charge on any atom is -0.325 e. The molecule has 7 nitrogen and oxygen atoms in total. The van der Waals surface area contributed by atoms with Crippen LogP contribution in [0.1, 0.15) is 17.0 Å². The van der Waals surface area contributed by atoms with Crippen LogP contribution in [-0.2, 0) is 22.6 Å². The third-order valence-corrected chi connectivity index (χ3v) is 6.09. The smallest absolute Gasteiger partial charge is 0.234 e. The third-order valence-electron chi connectivity index (χ3n) is 4.72. The predicted octanol–water partition coefficient (Wildman–Crippen LogP) is 4.65. The van der Waals surface area contributed by atoms with Crippen molar-refractivity contribution in [2.24, 2.45) is 0 Å². The molecular formula is C23H24ClN5O2S. The van der Waals surface area contributed by atoms with Crippen LogP contribution >= 0.6 is 23.4 Å². The Labute approximate surface area is 196 Å². The van der Waals surface area contributed by atoms with E-state index in [-0.39, 0.29) is 24.0 Å². The molecule has 0 aliphatic carbocycles. The molecule has 0 unspecified atom stereocenters. The van der Waals surface area contributed by atoms with Crippen molar-refractivity contribution in [1.82, 2.24) is 14.8 Å². The Morgan fingerprint density at radius 2 is 1.78 bits per heavy atom. The number of halogens is 1. The van der Waals surface area contributed by atoms with Gasteiger partial charge in [0.25, 0.3) is 0 Å². The Bertz CT molecular complexity index is 1150. The standard InChI is InChI=1S/C23H24ClN5O2S/c1-4-12-29-20(13-21(30)25-18-10-6-5-8-15(18)2)27-28-23(29)32-14-22(31)26-19-11-7-9-17(24)16(19)3/h4-11H,1,12-14H2,2-3H3,(H,25,30)(H,26,31). The lowest BCUT2D eigenvalue weighted by Gasteiger charge is -2.11. The molecule has 32 heavy (non-hydrogen) atoms. The number of benzene rings is 2. The quantitative estimate of drug-likeness (QED) is 0.352. The van der Waals surface area contributed by atoms with Gasteiger partial charge in [0.1, 0.15) is 5.82 Å². The predicted molar refractivity (Wildman–Crippen MR) is 129 cm³/mol. The number of thioether (sulfide) groups is 1. The van der Waals surface area contributed by atoms with Gasteiger partial charge in [0.2, 0.25) is 11.8 Å². The number of rotatable bonds is 9. The first kappa shape index (κ1) is 23.6. The summed E-state index contributed by atoms with van der Waals surface area (Å²) in [5, 5.41) is 15.2. The fourth-order valence-electron chi connectivity index (χ4n) is 2.98. The molecule has 1 aromatic heterocycles. The van der Waals surface area contributed by atoms with Crippen LogP contribution in [0.2, 0.25) is 5.02 Å². The topological polar surface area (TPSA) is 88.9 Å². The van der Waals surface area contributed by atoms with Gasteiger partial charge in [0.15, 0.2) is 5.16 Å². The number of hydrogen-bond acceptors (Lipinski definition) is 5. The van der Waals surface area contributed by atoms with Crippen LogP contribution in [0.4, 0.5) is 11.4 Å². The van der Waals surface area contributed by atoms with E-state index in [1.807, 2.05) is 38.1 Å². The molecule has 2 N–H and O–H groups in total. The van der Waals surface area contributed by atoms with E-state index < -0.39 is 0 Å². The molecule has 0 saturated carbocycles. The summed E-state index contributed by atoms with van der Waals surface area (Å²) in [5.41, 5.74) is 3.22. The highest BCUT2D eigenvalue weighted by Gasteiger charge is 2.17. The maximum absolute atomic E-state index is 12.5. The minimum absolute atomic E-state index is 0.0592. The molecule has 2 aromatic carbocycles. The van der Waals surface area contributed by atoms with Crippen LogP contribution in [0.25, 0.3) is 0 Å². The zero-order valence-corrected chi connectivity index (χ0v) is 19.5. The first-order valence-electron chi connectivity index (χ1n) is 9.95. The molecule has 3 rings (SSSR count). The fourth-order valence-corrected chi connectivity index (χ4v) is 3.92. The van der Waals surface area contributed by atoms with Gasteiger partial charge >= 0.3 is 0 Å². The lowest BCUT2D eigenvalue weighted by molar-refractivity contribution is -0.116. The molecule has 0 aliphatic rings. The van der Waals surface area contributed by atoms with Gasteiger partial charge in [-0.1, -0.05) is 53.7 Å². The Hall–Kier alpha value is -3.10. The van der Waals surface area contributed by atoms with Crippen molar-refractivity contribution < 1.29 is 9.59 Å². The molecule has 0 saturated heterocycles. The molecule has 2 amide bonds. The van der Waals surface area contributed by atoms with Gasteiger partial charge in [-0.15, -0.1) is 16.8 Å². The monoisotopic (exact) mass is 469 g/mol. The summed E-state index contributed by atoms with van der Waals surface area (Å²) < 4.78 is 1.78. The number of carbonyl (C=O) groups is 2. The van der Waals surface area contributed by atoms with Gasteiger partial charge < -0.3 is 15.2 Å². The van der Waals surface area contributed by atoms with Crippen molar-refractivity contribution in [3.63, 3.8) is 0 Å². The van der Waals surface area contributed by atoms with Gasteiger partial charge in [0, 0.05) is 22.9 Å². The van der Waals surface area contributed by atoms with E-state index in [1.54, 1.807) is 28.8 Å². The average Bonchev–Trinajstić information content (AvgIpc) is 3.13. The average molecular weight is 470 g/mol. The molecule has 0 bridgehead atoms. The first-order valence-corrected chi connectivity index (χ1v) is 11.3. The molecule has 3 aromatic rings. The van der Waals surface area contributed by atoms with Gasteiger partial charge in [-0.2, -0.15) is 0 Å². The van der Waals surface area contributed by atoms with E-state index in [4.69, 9.17) is 11.6 Å². The number of nitrogens with one attached hydrogen (secondary N) is 2. The summed E-state index contributed by atoms with van der Waals surface area (Å²) in [7, 11) is 0. The molecule has 1 heterocycles. The normalized spacial score (nSPS) is 10.6. The number of anilines is 2. The van der Waals surface area contributed by atoms with E-state index >= 15 is 0 Å². The van der Waals surface area contributed by atoms with Crippen molar-refractivity contribution in [3.8, 4) is 0 Å². The molecule has 0 fully saturated rings. The number of aryl methyl sites for hydroxylation is 1. The summed E-state index contributed by atoms with van der Waals surface area (Å²) in [6.07, 6.45) is 1.76. The first-order chi connectivity index (χ1) is 15.4. The molecule has 166 valence electrons. The second-order valence-electron chi connectivity index (χ2n) is 7.09. The number of hydrogen-bond donors (Lipinski definition) is 2. The van der Waals surface area contributed by atoms with E-state index in [9.17, 15) is 9.59 Å². The highest BCUT2D eigenvalue weighted by molar-refractivity contribution is 7.99. The summed E-state index contributed by atoms with van der Waals surface area (Å²) >= 11 is 7.35. The largest absolute Gasteiger partial charge is 0.325 e. The Morgan fingerprint density at radius 3 is 2.53 bits per heavy atom. The molecule has 0 spiro atoms. The van der Waals surface area contributed by atoms with Crippen LogP contribution < -0.4 is 10.6 Å². The van der Waals surface area contributed by atoms with Gasteiger partial charge in [-0.3, -0.25) is 9.59 Å². The van der Waals surface area contributed by atoms with Crippen LogP contribution in [0.3, 0.4) is 0 Å². The summed E-state index contributed by atoms with van der Waals surface area (Å²) in [6.45, 7) is 7.97. The van der Waals surface area contributed by atoms with Crippen molar-refractivity contribution in [1.29, 1.82) is 0 Å². The number of amides is 2. The van der Waals surface area contributed by atoms with Gasteiger partial charge in [-0.25, -0.2) is 0 Å². The van der Waals surface area contributed by atoms with Crippen molar-refractivity contribution >= 4 is 46.6 Å². The van der Waals surface area contributed by atoms with Crippen molar-refractivity contribution in [2.75, 3.05) is 16.4 Å². The Balaban J connectivity index is 1.64. The lowest BCUT2D eigenvalue weighted by Crippen LogP contribution is -2.18. The van der Waals surface area contributed by atoms with Crippen LogP contribution in [0, 0.1) is 13.8 Å². The molecule has 0 atom stereocenters. The van der Waals surface area contributed by atoms with Gasteiger partial charge in [0.05, 0.1) is 12.2 Å². The van der Waals surface area contributed by atoms with Crippen LogP contribution in [0.15, 0.2) is 60.3 Å². The van der Waals surface area contributed by atoms with E-state index in [0.29, 0.717) is 28.2 Å². The Kier molecular flexibility index (Phi) is 8.08. The zero-order valence-electron chi connectivity index (χ0n) is 17.9. The molecular weight excluding hydrogens is 446 g/mol. The van der Waals surface area contributed by atoms with E-state index in [0.717, 1.165) is 16.8 Å². The highest BCUT2D eigenvalue weighted by Crippen LogP contribution is 2.24. The fraction of sp³-hybridized carbons (Fsp3) is 0.217. The molecule has 0 radical (unpaired) electrons. The molecule has 0 aliphatic heterocycles. The van der Waals surface area contributed by atoms with Crippen LogP contribution in [-0.4, -0.2) is 32.3 Å². The second-order valence-corrected chi connectivity index (χ2v) is 8.44. The number of carbonyl (C=O) groups excluding carboxylic acids is 2. The summed E-state index contributed by atoms with van der Waals surface area (Å²) in [6, 6.07) is 12.9. The minimum atomic E-state index is -0.192. The maximum atomic E-state index is 12.5. The summed E-state index contributed by atoms with van der Waals surface area (Å²) in [4.78, 5) is 25.0. The second kappa shape index (κ2) is 11.0. The van der Waals surface area contributed by atoms with Crippen LogP contribution in [0.5, 0.6) is 0 Å². The number of nitrogens with zero attached hydrogens (tertiary/aromatic N) is 3. The maximum Gasteiger partial charge on any atom is 0.234 e. The summed E-state index contributed by atoms with van der Waals surface area (Å²) in [5.74, 6) is 0.260. The third kappa shape index (κ3) is 5.99. The molecule has 9 heteroatoms. The zero-order chi connectivity index (χ0) is 23.1. The van der Waals surface area contributed by atoms with E-state index in [1.165, 1.54) is 11.8 Å². The SMILES string of the molecule is C=CCn1c(CC(=O)Nc2ccccc2C)nnc1SCC(=O)Nc1cccc(Cl)c1C. The van der Waals surface area contributed by atoms with Crippen molar-refractivity contribution in [3.05, 3.63) is 77.1 Å². The number of aromatic nitrogens is 3. The van der Waals surface area contributed by atoms with Gasteiger partial charge in [-0.05, 0) is 43.2 Å². The number of para-hydroxylation sites is 1. The van der Waals surface area contributed by atoms with E-state index in [2.05, 4.69) is 27.4 Å².